The van der Waals surface area contributed by atoms with Gasteiger partial charge < -0.3 is 5.11 Å². The van der Waals surface area contributed by atoms with Crippen LogP contribution in [0.5, 0.6) is 0 Å². The van der Waals surface area contributed by atoms with Crippen molar-refractivity contribution in [1.29, 1.82) is 0 Å². The Morgan fingerprint density at radius 1 is 1.27 bits per heavy atom. The van der Waals surface area contributed by atoms with Crippen LogP contribution in [0.1, 0.15) is 25.7 Å². The first-order valence-electron chi connectivity index (χ1n) is 5.29. The number of halogens is 1. The lowest BCUT2D eigenvalue weighted by atomic mass is 10.1. The number of hydrogen-bond acceptors (Lipinski definition) is 2. The van der Waals surface area contributed by atoms with E-state index >= 15 is 0 Å². The summed E-state index contributed by atoms with van der Waals surface area (Å²) in [6, 6.07) is 6.73. The van der Waals surface area contributed by atoms with E-state index in [4.69, 9.17) is 0 Å². The molecule has 0 saturated heterocycles. The Labute approximate surface area is 93.7 Å². The van der Waals surface area contributed by atoms with Gasteiger partial charge in [-0.15, -0.1) is 11.8 Å². The zero-order valence-electron chi connectivity index (χ0n) is 8.58. The average Bonchev–Trinajstić information content (AvgIpc) is 2.65. The molecular weight excluding hydrogens is 211 g/mol. The minimum Gasteiger partial charge on any atom is -0.389 e. The molecule has 1 fully saturated rings. The van der Waals surface area contributed by atoms with Gasteiger partial charge >= 0.3 is 0 Å². The molecule has 0 radical (unpaired) electrons. The third-order valence-corrected chi connectivity index (χ3v) is 4.19. The Kier molecular flexibility index (Phi) is 3.32. The molecule has 1 saturated carbocycles. The molecule has 1 aromatic rings. The molecule has 1 N–H and O–H groups in total. The highest BCUT2D eigenvalue weighted by molar-refractivity contribution is 7.99. The highest BCUT2D eigenvalue weighted by Gasteiger charge is 2.31. The largest absolute Gasteiger partial charge is 0.389 e. The first-order chi connectivity index (χ1) is 7.20. The van der Waals surface area contributed by atoms with E-state index in [9.17, 15) is 9.50 Å². The van der Waals surface area contributed by atoms with Gasteiger partial charge in [-0.25, -0.2) is 4.39 Å². The summed E-state index contributed by atoms with van der Waals surface area (Å²) in [5.41, 5.74) is -0.563. The molecule has 3 heteroatoms. The fourth-order valence-corrected chi connectivity index (χ4v) is 3.04. The van der Waals surface area contributed by atoms with Gasteiger partial charge in [-0.05, 0) is 25.0 Å². The molecule has 0 amide bonds. The monoisotopic (exact) mass is 226 g/mol. The van der Waals surface area contributed by atoms with E-state index in [0.29, 0.717) is 10.6 Å². The zero-order valence-corrected chi connectivity index (χ0v) is 9.39. The molecule has 0 heterocycles. The maximum Gasteiger partial charge on any atom is 0.136 e. The third kappa shape index (κ3) is 2.73. The second kappa shape index (κ2) is 4.54. The highest BCUT2D eigenvalue weighted by Crippen LogP contribution is 2.35. The molecule has 0 spiro atoms. The summed E-state index contributed by atoms with van der Waals surface area (Å²) in [5, 5.41) is 10.1. The minimum atomic E-state index is -0.563. The number of hydrogen-bond donors (Lipinski definition) is 1. The normalized spacial score (nSPS) is 19.3. The maximum atomic E-state index is 13.3. The second-order valence-electron chi connectivity index (χ2n) is 4.15. The Balaban J connectivity index is 1.95. The first-order valence-corrected chi connectivity index (χ1v) is 6.28. The van der Waals surface area contributed by atoms with Crippen molar-refractivity contribution >= 4 is 11.8 Å². The molecule has 0 aromatic heterocycles. The zero-order chi connectivity index (χ0) is 10.7. The van der Waals surface area contributed by atoms with Crippen molar-refractivity contribution in [2.45, 2.75) is 36.2 Å². The molecule has 1 aromatic carbocycles. The van der Waals surface area contributed by atoms with E-state index < -0.39 is 5.60 Å². The van der Waals surface area contributed by atoms with Crippen LogP contribution < -0.4 is 0 Å². The van der Waals surface area contributed by atoms with Crippen molar-refractivity contribution in [3.05, 3.63) is 30.1 Å². The molecule has 1 aliphatic carbocycles. The number of aliphatic hydroxyl groups is 1. The molecule has 82 valence electrons. The van der Waals surface area contributed by atoms with Crippen molar-refractivity contribution in [1.82, 2.24) is 0 Å². The Bertz CT molecular complexity index is 334. The molecule has 0 atom stereocenters. The van der Waals surface area contributed by atoms with Gasteiger partial charge in [-0.3, -0.25) is 0 Å². The van der Waals surface area contributed by atoms with Crippen molar-refractivity contribution in [2.24, 2.45) is 0 Å². The van der Waals surface area contributed by atoms with Crippen molar-refractivity contribution < 1.29 is 9.50 Å². The van der Waals surface area contributed by atoms with E-state index in [-0.39, 0.29) is 5.82 Å². The van der Waals surface area contributed by atoms with Gasteiger partial charge in [-0.1, -0.05) is 25.0 Å². The van der Waals surface area contributed by atoms with Crippen LogP contribution in [0.3, 0.4) is 0 Å². The fourth-order valence-electron chi connectivity index (χ4n) is 1.95. The van der Waals surface area contributed by atoms with Gasteiger partial charge in [0.15, 0.2) is 0 Å². The van der Waals surface area contributed by atoms with Crippen LogP contribution >= 0.6 is 11.8 Å². The fraction of sp³-hybridized carbons (Fsp3) is 0.500. The molecule has 15 heavy (non-hydrogen) atoms. The van der Waals surface area contributed by atoms with Crippen molar-refractivity contribution in [3.8, 4) is 0 Å². The van der Waals surface area contributed by atoms with Gasteiger partial charge in [0.1, 0.15) is 5.82 Å². The number of benzene rings is 1. The molecule has 2 rings (SSSR count). The standard InChI is InChI=1S/C12H15FOS/c13-10-5-1-2-6-11(10)15-9-12(14)7-3-4-8-12/h1-2,5-6,14H,3-4,7-9H2. The highest BCUT2D eigenvalue weighted by atomic mass is 32.2. The van der Waals surface area contributed by atoms with Gasteiger partial charge in [0.25, 0.3) is 0 Å². The van der Waals surface area contributed by atoms with Crippen LogP contribution in [0.15, 0.2) is 29.2 Å². The van der Waals surface area contributed by atoms with Gasteiger partial charge in [0.2, 0.25) is 0 Å². The minimum absolute atomic E-state index is 0.191. The smallest absolute Gasteiger partial charge is 0.136 e. The van der Waals surface area contributed by atoms with Gasteiger partial charge in [0.05, 0.1) is 5.60 Å². The molecule has 1 aliphatic rings. The first kappa shape index (κ1) is 11.0. The molecule has 0 unspecified atom stereocenters. The quantitative estimate of drug-likeness (QED) is 0.798. The summed E-state index contributed by atoms with van der Waals surface area (Å²) >= 11 is 1.42. The van der Waals surface area contributed by atoms with E-state index in [1.54, 1.807) is 12.1 Å². The van der Waals surface area contributed by atoms with E-state index in [0.717, 1.165) is 25.7 Å². The topological polar surface area (TPSA) is 20.2 Å². The molecule has 0 bridgehead atoms. The predicted octanol–water partition coefficient (Wildman–Crippen LogP) is 3.22. The summed E-state index contributed by atoms with van der Waals surface area (Å²) < 4.78 is 13.3. The summed E-state index contributed by atoms with van der Waals surface area (Å²) in [6.07, 6.45) is 3.89. The van der Waals surface area contributed by atoms with E-state index in [1.807, 2.05) is 6.07 Å². The van der Waals surface area contributed by atoms with Crippen LogP contribution in [-0.4, -0.2) is 16.5 Å². The average molecular weight is 226 g/mol. The van der Waals surface area contributed by atoms with Gasteiger partial charge in [0, 0.05) is 10.6 Å². The van der Waals surface area contributed by atoms with Crippen LogP contribution in [-0.2, 0) is 0 Å². The summed E-state index contributed by atoms with van der Waals surface area (Å²) in [4.78, 5) is 0.637. The Hall–Kier alpha value is -0.540. The van der Waals surface area contributed by atoms with Crippen molar-refractivity contribution in [2.75, 3.05) is 5.75 Å². The summed E-state index contributed by atoms with van der Waals surface area (Å²) in [7, 11) is 0. The van der Waals surface area contributed by atoms with Crippen LogP contribution in [0.4, 0.5) is 4.39 Å². The van der Waals surface area contributed by atoms with Crippen LogP contribution in [0.2, 0.25) is 0 Å². The molecular formula is C12H15FOS. The number of thioether (sulfide) groups is 1. The Morgan fingerprint density at radius 2 is 1.93 bits per heavy atom. The molecule has 1 nitrogen and oxygen atoms in total. The van der Waals surface area contributed by atoms with Crippen molar-refractivity contribution in [3.63, 3.8) is 0 Å². The van der Waals surface area contributed by atoms with Crippen LogP contribution in [0.25, 0.3) is 0 Å². The third-order valence-electron chi connectivity index (χ3n) is 2.87. The second-order valence-corrected chi connectivity index (χ2v) is 5.17. The van der Waals surface area contributed by atoms with E-state index in [1.165, 1.54) is 17.8 Å². The lowest BCUT2D eigenvalue weighted by Crippen LogP contribution is -2.27. The lowest BCUT2D eigenvalue weighted by molar-refractivity contribution is 0.0732. The summed E-state index contributed by atoms with van der Waals surface area (Å²) in [5.74, 6) is 0.414. The van der Waals surface area contributed by atoms with Gasteiger partial charge in [-0.2, -0.15) is 0 Å². The van der Waals surface area contributed by atoms with Crippen LogP contribution in [0, 0.1) is 5.82 Å². The number of rotatable bonds is 3. The van der Waals surface area contributed by atoms with E-state index in [2.05, 4.69) is 0 Å². The maximum absolute atomic E-state index is 13.3. The SMILES string of the molecule is OC1(CSc2ccccc2F)CCCC1. The Morgan fingerprint density at radius 3 is 2.60 bits per heavy atom. The lowest BCUT2D eigenvalue weighted by Gasteiger charge is -2.21. The predicted molar refractivity (Wildman–Crippen MR) is 60.5 cm³/mol. The summed E-state index contributed by atoms with van der Waals surface area (Å²) in [6.45, 7) is 0. The molecule has 0 aliphatic heterocycles.